The van der Waals surface area contributed by atoms with Crippen molar-refractivity contribution in [3.63, 3.8) is 0 Å². The molecule has 2 aromatic rings. The fourth-order valence-electron chi connectivity index (χ4n) is 1.27. The van der Waals surface area contributed by atoms with Gasteiger partial charge in [0, 0.05) is 0 Å². The van der Waals surface area contributed by atoms with E-state index in [0.717, 1.165) is 11.0 Å². The molecular weight excluding hydrogens is 218 g/mol. The highest BCUT2D eigenvalue weighted by Crippen LogP contribution is 2.05. The zero-order chi connectivity index (χ0) is 12.9. The van der Waals surface area contributed by atoms with Crippen molar-refractivity contribution in [3.8, 4) is 0 Å². The van der Waals surface area contributed by atoms with Crippen molar-refractivity contribution in [3.05, 3.63) is 30.6 Å². The first-order valence-electron chi connectivity index (χ1n) is 5.27. The Kier molecular flexibility index (Phi) is 4.23. The van der Waals surface area contributed by atoms with Crippen LogP contribution in [-0.2, 0) is 4.79 Å². The minimum absolute atomic E-state index is 0.0694. The van der Waals surface area contributed by atoms with Gasteiger partial charge in [0.25, 0.3) is 0 Å². The van der Waals surface area contributed by atoms with E-state index in [1.807, 2.05) is 24.3 Å². The van der Waals surface area contributed by atoms with Gasteiger partial charge in [-0.15, -0.1) is 0 Å². The first-order valence-corrected chi connectivity index (χ1v) is 5.27. The third kappa shape index (κ3) is 5.12. The Hall–Kier alpha value is -1.88. The van der Waals surface area contributed by atoms with Crippen LogP contribution in [0.5, 0.6) is 0 Å². The quantitative estimate of drug-likeness (QED) is 0.745. The highest BCUT2D eigenvalue weighted by Gasteiger charge is 2.04. The molecule has 2 rings (SSSR count). The van der Waals surface area contributed by atoms with Crippen molar-refractivity contribution < 1.29 is 14.4 Å². The number of likely N-dealkylation sites (N-methyl/N-ethyl adjacent to an activating group) is 1. The summed E-state index contributed by atoms with van der Waals surface area (Å²) in [4.78, 5) is 17.0. The van der Waals surface area contributed by atoms with E-state index in [4.69, 9.17) is 0 Å². The molecule has 0 fully saturated rings. The summed E-state index contributed by atoms with van der Waals surface area (Å²) < 4.78 is 0.419. The maximum atomic E-state index is 9.89. The summed E-state index contributed by atoms with van der Waals surface area (Å²) in [6, 6.07) is 7.94. The van der Waals surface area contributed by atoms with Crippen LogP contribution in [0, 0.1) is 0 Å². The van der Waals surface area contributed by atoms with Gasteiger partial charge in [0.15, 0.2) is 0 Å². The van der Waals surface area contributed by atoms with Crippen LogP contribution in [0.3, 0.4) is 0 Å². The van der Waals surface area contributed by atoms with E-state index in [2.05, 4.69) is 9.97 Å². The van der Waals surface area contributed by atoms with Gasteiger partial charge in [0.05, 0.1) is 44.5 Å². The molecule has 17 heavy (non-hydrogen) atoms. The van der Waals surface area contributed by atoms with Crippen molar-refractivity contribution >= 4 is 17.0 Å². The van der Waals surface area contributed by atoms with Gasteiger partial charge >= 0.3 is 0 Å². The van der Waals surface area contributed by atoms with E-state index in [1.54, 1.807) is 27.5 Å². The monoisotopic (exact) mass is 235 g/mol. The Labute approximate surface area is 100 Å². The van der Waals surface area contributed by atoms with Crippen molar-refractivity contribution in [2.45, 2.75) is 0 Å². The number of nitrogens with one attached hydrogen (secondary N) is 1. The van der Waals surface area contributed by atoms with Gasteiger partial charge in [-0.25, -0.2) is 4.98 Å². The van der Waals surface area contributed by atoms with Crippen molar-refractivity contribution in [2.24, 2.45) is 0 Å². The number of carboxylic acid groups (broad SMARTS) is 1. The molecule has 0 radical (unpaired) electrons. The average Bonchev–Trinajstić information content (AvgIpc) is 2.61. The predicted molar refractivity (Wildman–Crippen MR) is 64.0 cm³/mol. The third-order valence-corrected chi connectivity index (χ3v) is 1.93. The van der Waals surface area contributed by atoms with E-state index >= 15 is 0 Å². The summed E-state index contributed by atoms with van der Waals surface area (Å²) in [5, 5.41) is 9.89. The van der Waals surface area contributed by atoms with Gasteiger partial charge in [-0.1, -0.05) is 12.1 Å². The number of H-pyrrole nitrogens is 1. The lowest BCUT2D eigenvalue weighted by Crippen LogP contribution is -2.45. The van der Waals surface area contributed by atoms with E-state index in [-0.39, 0.29) is 6.54 Å². The molecule has 0 spiro atoms. The van der Waals surface area contributed by atoms with Crippen LogP contribution in [-0.4, -0.2) is 48.1 Å². The molecule has 0 atom stereocenters. The van der Waals surface area contributed by atoms with Crippen molar-refractivity contribution in [1.82, 2.24) is 9.97 Å². The van der Waals surface area contributed by atoms with E-state index in [0.29, 0.717) is 4.48 Å². The van der Waals surface area contributed by atoms with Gasteiger partial charge in [-0.2, -0.15) is 0 Å². The van der Waals surface area contributed by atoms with Crippen LogP contribution in [0.4, 0.5) is 0 Å². The number of rotatable bonds is 2. The van der Waals surface area contributed by atoms with Crippen molar-refractivity contribution in [1.29, 1.82) is 0 Å². The summed E-state index contributed by atoms with van der Waals surface area (Å²) in [6.07, 6.45) is 1.70. The topological polar surface area (TPSA) is 68.8 Å². The Bertz CT molecular complexity index is 455. The summed E-state index contributed by atoms with van der Waals surface area (Å²) in [6.45, 7) is 0.0694. The van der Waals surface area contributed by atoms with Gasteiger partial charge in [0.2, 0.25) is 0 Å². The number of fused-ring (bicyclic) bond motifs is 1. The smallest absolute Gasteiger partial charge is 0.118 e. The Morgan fingerprint density at radius 1 is 1.35 bits per heavy atom. The molecule has 5 heteroatoms. The molecule has 0 saturated heterocycles. The number of quaternary nitrogens is 1. The van der Waals surface area contributed by atoms with E-state index in [1.165, 1.54) is 0 Å². The number of aromatic amines is 1. The standard InChI is InChI=1S/C7H6N2.C5H11NO2/c1-2-4-7-6(3-1)8-5-9-7;1-6(2,3)4-5(7)8/h1-5H,(H,8,9);4H2,1-3H3. The number of hydrogen-bond acceptors (Lipinski definition) is 3. The highest BCUT2D eigenvalue weighted by molar-refractivity contribution is 5.73. The number of hydrogen-bond donors (Lipinski definition) is 1. The van der Waals surface area contributed by atoms with Crippen LogP contribution in [0.1, 0.15) is 0 Å². The first kappa shape index (κ1) is 13.2. The van der Waals surface area contributed by atoms with E-state index in [9.17, 15) is 9.90 Å². The molecule has 0 aliphatic heterocycles. The maximum Gasteiger partial charge on any atom is 0.118 e. The van der Waals surface area contributed by atoms with Crippen LogP contribution in [0.2, 0.25) is 0 Å². The molecule has 0 unspecified atom stereocenters. The number of benzene rings is 1. The van der Waals surface area contributed by atoms with Gasteiger partial charge < -0.3 is 19.4 Å². The van der Waals surface area contributed by atoms with Crippen LogP contribution in [0.15, 0.2) is 30.6 Å². The molecule has 0 aliphatic carbocycles. The maximum absolute atomic E-state index is 9.89. The van der Waals surface area contributed by atoms with Gasteiger partial charge in [-0.3, -0.25) is 0 Å². The molecule has 92 valence electrons. The molecular formula is C12H17N3O2. The second-order valence-corrected chi connectivity index (χ2v) is 4.74. The summed E-state index contributed by atoms with van der Waals surface area (Å²) in [5.74, 6) is -1.00. The normalized spacial score (nSPS) is 10.8. The van der Waals surface area contributed by atoms with E-state index < -0.39 is 5.97 Å². The fraction of sp³-hybridized carbons (Fsp3) is 0.333. The number of carboxylic acids is 1. The number of aliphatic carboxylic acids is 1. The SMILES string of the molecule is C[N+](C)(C)CC(=O)[O-].c1ccc2[nH]cnc2c1. The largest absolute Gasteiger partial charge is 0.544 e. The second-order valence-electron chi connectivity index (χ2n) is 4.74. The molecule has 1 heterocycles. The lowest BCUT2D eigenvalue weighted by molar-refractivity contribution is -0.864. The number of imidazole rings is 1. The third-order valence-electron chi connectivity index (χ3n) is 1.93. The van der Waals surface area contributed by atoms with Crippen LogP contribution >= 0.6 is 0 Å². The number of para-hydroxylation sites is 2. The molecule has 0 amide bonds. The average molecular weight is 235 g/mol. The zero-order valence-electron chi connectivity index (χ0n) is 10.3. The Morgan fingerprint density at radius 2 is 2.00 bits per heavy atom. The number of carbonyl (C=O) groups excluding carboxylic acids is 1. The van der Waals surface area contributed by atoms with Crippen molar-refractivity contribution in [2.75, 3.05) is 27.7 Å². The summed E-state index contributed by atoms with van der Waals surface area (Å²) in [7, 11) is 5.40. The highest BCUT2D eigenvalue weighted by atomic mass is 16.4. The zero-order valence-corrected chi connectivity index (χ0v) is 10.3. The van der Waals surface area contributed by atoms with Gasteiger partial charge in [-0.05, 0) is 12.1 Å². The molecule has 1 aromatic carbocycles. The molecule has 1 N–H and O–H groups in total. The summed E-state index contributed by atoms with van der Waals surface area (Å²) >= 11 is 0. The molecule has 5 nitrogen and oxygen atoms in total. The fourth-order valence-corrected chi connectivity index (χ4v) is 1.27. The predicted octanol–water partition coefficient (Wildman–Crippen LogP) is 0.00540. The number of nitrogens with zero attached hydrogens (tertiary/aromatic N) is 2. The lowest BCUT2D eigenvalue weighted by Gasteiger charge is -2.23. The molecule has 0 saturated carbocycles. The molecule has 1 aromatic heterocycles. The second kappa shape index (κ2) is 5.45. The molecule has 0 bridgehead atoms. The first-order chi connectivity index (χ1) is 7.88. The number of carbonyl (C=O) groups is 1. The Morgan fingerprint density at radius 3 is 2.47 bits per heavy atom. The van der Waals surface area contributed by atoms with Crippen LogP contribution in [0.25, 0.3) is 11.0 Å². The minimum atomic E-state index is -1.00. The summed E-state index contributed by atoms with van der Waals surface area (Å²) in [5.41, 5.74) is 2.12. The minimum Gasteiger partial charge on any atom is -0.544 e. The lowest BCUT2D eigenvalue weighted by atomic mass is 10.3. The Balaban J connectivity index is 0.000000172. The van der Waals surface area contributed by atoms with Gasteiger partial charge in [0.1, 0.15) is 6.54 Å². The van der Waals surface area contributed by atoms with Crippen LogP contribution < -0.4 is 5.11 Å². The molecule has 0 aliphatic rings. The number of aromatic nitrogens is 2.